The van der Waals surface area contributed by atoms with Crippen LogP contribution in [0.2, 0.25) is 0 Å². The van der Waals surface area contributed by atoms with Crippen molar-refractivity contribution in [2.75, 3.05) is 13.2 Å². The van der Waals surface area contributed by atoms with Crippen LogP contribution in [0.5, 0.6) is 11.5 Å². The summed E-state index contributed by atoms with van der Waals surface area (Å²) in [5.74, 6) is 1.40. The Morgan fingerprint density at radius 3 is 2.52 bits per heavy atom. The van der Waals surface area contributed by atoms with Gasteiger partial charge in [-0.05, 0) is 37.1 Å². The van der Waals surface area contributed by atoms with E-state index >= 15 is 0 Å². The van der Waals surface area contributed by atoms with Gasteiger partial charge in [-0.25, -0.2) is 0 Å². The minimum atomic E-state index is 0.0221. The number of hydrogen-bond donors (Lipinski definition) is 0. The van der Waals surface area contributed by atoms with E-state index in [9.17, 15) is 4.79 Å². The molecule has 132 valence electrons. The molecule has 1 heterocycles. The predicted octanol–water partition coefficient (Wildman–Crippen LogP) is 4.29. The van der Waals surface area contributed by atoms with Crippen molar-refractivity contribution in [3.05, 3.63) is 59.7 Å². The first-order valence-corrected chi connectivity index (χ1v) is 8.93. The van der Waals surface area contributed by atoms with Gasteiger partial charge in [-0.1, -0.05) is 37.3 Å². The van der Waals surface area contributed by atoms with Crippen LogP contribution in [-0.4, -0.2) is 30.1 Å². The van der Waals surface area contributed by atoms with E-state index in [1.54, 1.807) is 0 Å². The minimum absolute atomic E-state index is 0.0221. The second-order valence-electron chi connectivity index (χ2n) is 6.39. The van der Waals surface area contributed by atoms with Gasteiger partial charge in [0, 0.05) is 24.6 Å². The molecule has 0 fully saturated rings. The summed E-state index contributed by atoms with van der Waals surface area (Å²) in [4.78, 5) is 15.1. The highest BCUT2D eigenvalue weighted by Gasteiger charge is 2.22. The highest BCUT2D eigenvalue weighted by molar-refractivity contribution is 5.95. The van der Waals surface area contributed by atoms with E-state index in [0.717, 1.165) is 18.4 Å². The van der Waals surface area contributed by atoms with Crippen LogP contribution in [0.3, 0.4) is 0 Å². The first-order chi connectivity index (χ1) is 12.2. The zero-order valence-electron chi connectivity index (χ0n) is 14.9. The quantitative estimate of drug-likeness (QED) is 0.816. The molecule has 1 unspecified atom stereocenters. The Hall–Kier alpha value is -2.49. The molecule has 0 aliphatic carbocycles. The summed E-state index contributed by atoms with van der Waals surface area (Å²) in [6.07, 6.45) is 1.76. The Balaban J connectivity index is 1.85. The third-order valence-electron chi connectivity index (χ3n) is 4.57. The van der Waals surface area contributed by atoms with Crippen molar-refractivity contribution < 1.29 is 14.3 Å². The van der Waals surface area contributed by atoms with Gasteiger partial charge in [-0.2, -0.15) is 0 Å². The van der Waals surface area contributed by atoms with Crippen molar-refractivity contribution in [1.82, 2.24) is 4.90 Å². The fourth-order valence-corrected chi connectivity index (χ4v) is 2.89. The van der Waals surface area contributed by atoms with Gasteiger partial charge in [0.25, 0.3) is 5.91 Å². The number of rotatable bonds is 5. The number of carbonyl (C=O) groups excluding carboxylic acids is 1. The molecule has 2 aromatic carbocycles. The molecule has 0 saturated heterocycles. The molecule has 4 heteroatoms. The molecule has 0 aromatic heterocycles. The number of benzene rings is 2. The average Bonchev–Trinajstić information content (AvgIpc) is 2.90. The number of fused-ring (bicyclic) bond motifs is 1. The monoisotopic (exact) mass is 339 g/mol. The lowest BCUT2D eigenvalue weighted by molar-refractivity contribution is 0.0671. The molecule has 1 aliphatic heterocycles. The van der Waals surface area contributed by atoms with Crippen molar-refractivity contribution in [3.8, 4) is 11.5 Å². The molecule has 0 spiro atoms. The summed E-state index contributed by atoms with van der Waals surface area (Å²) < 4.78 is 11.4. The zero-order valence-corrected chi connectivity index (χ0v) is 14.9. The van der Waals surface area contributed by atoms with E-state index in [-0.39, 0.29) is 11.9 Å². The van der Waals surface area contributed by atoms with E-state index in [4.69, 9.17) is 9.47 Å². The van der Waals surface area contributed by atoms with Crippen LogP contribution in [0.4, 0.5) is 0 Å². The largest absolute Gasteiger partial charge is 0.490 e. The highest BCUT2D eigenvalue weighted by Crippen LogP contribution is 2.31. The predicted molar refractivity (Wildman–Crippen MR) is 98.1 cm³/mol. The van der Waals surface area contributed by atoms with Gasteiger partial charge < -0.3 is 14.4 Å². The molecule has 1 aliphatic rings. The molecule has 0 bridgehead atoms. The molecule has 0 saturated carbocycles. The lowest BCUT2D eigenvalue weighted by Crippen LogP contribution is -2.37. The Bertz CT molecular complexity index is 714. The van der Waals surface area contributed by atoms with Crippen molar-refractivity contribution in [3.63, 3.8) is 0 Å². The highest BCUT2D eigenvalue weighted by atomic mass is 16.5. The van der Waals surface area contributed by atoms with Crippen LogP contribution in [0.1, 0.15) is 42.6 Å². The van der Waals surface area contributed by atoms with Gasteiger partial charge in [-0.15, -0.1) is 0 Å². The summed E-state index contributed by atoms with van der Waals surface area (Å²) >= 11 is 0. The number of nitrogens with zero attached hydrogens (tertiary/aromatic N) is 1. The maximum atomic E-state index is 13.2. The van der Waals surface area contributed by atoms with Gasteiger partial charge in [0.15, 0.2) is 11.5 Å². The molecule has 1 atom stereocenters. The summed E-state index contributed by atoms with van der Waals surface area (Å²) in [5.41, 5.74) is 1.77. The molecule has 0 radical (unpaired) electrons. The summed E-state index contributed by atoms with van der Waals surface area (Å²) in [6.45, 7) is 6.05. The summed E-state index contributed by atoms with van der Waals surface area (Å²) in [6, 6.07) is 15.7. The van der Waals surface area contributed by atoms with E-state index < -0.39 is 0 Å². The fourth-order valence-electron chi connectivity index (χ4n) is 2.89. The number of carbonyl (C=O) groups is 1. The van der Waals surface area contributed by atoms with Crippen LogP contribution in [0, 0.1) is 0 Å². The van der Waals surface area contributed by atoms with E-state index in [0.29, 0.717) is 36.8 Å². The van der Waals surface area contributed by atoms with Crippen LogP contribution in [0.25, 0.3) is 0 Å². The van der Waals surface area contributed by atoms with Crippen molar-refractivity contribution in [2.24, 2.45) is 0 Å². The number of hydrogen-bond acceptors (Lipinski definition) is 3. The average molecular weight is 339 g/mol. The van der Waals surface area contributed by atoms with Crippen molar-refractivity contribution in [2.45, 2.75) is 39.3 Å². The van der Waals surface area contributed by atoms with Gasteiger partial charge in [-0.3, -0.25) is 4.79 Å². The Kier molecular flexibility index (Phi) is 5.59. The van der Waals surface area contributed by atoms with Gasteiger partial charge in [0.05, 0.1) is 13.2 Å². The lowest BCUT2D eigenvalue weighted by Gasteiger charge is -2.29. The maximum Gasteiger partial charge on any atom is 0.254 e. The Morgan fingerprint density at radius 1 is 1.08 bits per heavy atom. The molecular weight excluding hydrogens is 314 g/mol. The number of amides is 1. The van der Waals surface area contributed by atoms with Crippen LogP contribution >= 0.6 is 0 Å². The molecular formula is C21H25NO3. The molecule has 3 rings (SSSR count). The molecule has 1 amide bonds. The van der Waals surface area contributed by atoms with E-state index in [2.05, 4.69) is 26.0 Å². The van der Waals surface area contributed by atoms with Gasteiger partial charge in [0.1, 0.15) is 0 Å². The first kappa shape index (κ1) is 17.3. The molecule has 4 nitrogen and oxygen atoms in total. The Labute approximate surface area is 149 Å². The second-order valence-corrected chi connectivity index (χ2v) is 6.39. The number of ether oxygens (including phenoxy) is 2. The Morgan fingerprint density at radius 2 is 1.80 bits per heavy atom. The fraction of sp³-hybridized carbons (Fsp3) is 0.381. The van der Waals surface area contributed by atoms with E-state index in [1.807, 2.05) is 41.3 Å². The van der Waals surface area contributed by atoms with Gasteiger partial charge in [0.2, 0.25) is 0 Å². The summed E-state index contributed by atoms with van der Waals surface area (Å²) in [7, 11) is 0. The minimum Gasteiger partial charge on any atom is -0.490 e. The molecule has 25 heavy (non-hydrogen) atoms. The zero-order chi connectivity index (χ0) is 17.6. The SMILES string of the molecule is CCC(C)N(Cc1ccccc1)C(=O)c1ccc2c(c1)OCCCO2. The lowest BCUT2D eigenvalue weighted by atomic mass is 10.1. The second kappa shape index (κ2) is 8.06. The standard InChI is InChI=1S/C21H25NO3/c1-3-16(2)22(15-17-8-5-4-6-9-17)21(23)18-10-11-19-20(14-18)25-13-7-12-24-19/h4-6,8-11,14,16H,3,7,12-13,15H2,1-2H3. The smallest absolute Gasteiger partial charge is 0.254 e. The van der Waals surface area contributed by atoms with Crippen LogP contribution in [0.15, 0.2) is 48.5 Å². The summed E-state index contributed by atoms with van der Waals surface area (Å²) in [5, 5.41) is 0. The van der Waals surface area contributed by atoms with Crippen molar-refractivity contribution >= 4 is 5.91 Å². The van der Waals surface area contributed by atoms with Gasteiger partial charge >= 0.3 is 0 Å². The normalized spacial score (nSPS) is 14.5. The van der Waals surface area contributed by atoms with E-state index in [1.165, 1.54) is 0 Å². The van der Waals surface area contributed by atoms with Crippen LogP contribution in [-0.2, 0) is 6.54 Å². The molecule has 0 N–H and O–H groups in total. The van der Waals surface area contributed by atoms with Crippen molar-refractivity contribution in [1.29, 1.82) is 0 Å². The molecule has 2 aromatic rings. The first-order valence-electron chi connectivity index (χ1n) is 8.93. The third-order valence-corrected chi connectivity index (χ3v) is 4.57. The third kappa shape index (κ3) is 4.13. The van der Waals surface area contributed by atoms with Crippen LogP contribution < -0.4 is 9.47 Å². The maximum absolute atomic E-state index is 13.2. The topological polar surface area (TPSA) is 38.8 Å².